The van der Waals surface area contributed by atoms with Crippen LogP contribution in [0.3, 0.4) is 0 Å². The number of carbonyl (C=O) groups excluding carboxylic acids is 2. The molecule has 10 heteroatoms. The Bertz CT molecular complexity index is 1600. The fraction of sp³-hybridized carbons (Fsp3) is 0.407. The lowest BCUT2D eigenvalue weighted by Gasteiger charge is -2.31. The molecule has 2 N–H and O–H groups in total. The molecule has 0 saturated heterocycles. The SMILES string of the molecule is CCOC(=O)NC1CCc2c(C)c(F)cc3nc4c(c1c23)Cn1c-4cc2c(c1=O)COC(=O)[C@]2(O)CC. The maximum Gasteiger partial charge on any atom is 0.407 e. The number of pyridine rings is 2. The zero-order valence-electron chi connectivity index (χ0n) is 20.7. The molecule has 1 aromatic carbocycles. The number of carbonyl (C=O) groups is 2. The lowest BCUT2D eigenvalue weighted by molar-refractivity contribution is -0.172. The predicted octanol–water partition coefficient (Wildman–Crippen LogP) is 3.26. The van der Waals surface area contributed by atoms with Gasteiger partial charge in [-0.05, 0) is 55.9 Å². The molecule has 0 radical (unpaired) electrons. The minimum Gasteiger partial charge on any atom is -0.458 e. The number of benzene rings is 1. The van der Waals surface area contributed by atoms with Crippen LogP contribution < -0.4 is 10.9 Å². The zero-order chi connectivity index (χ0) is 26.2. The van der Waals surface area contributed by atoms with Crippen molar-refractivity contribution in [3.8, 4) is 11.4 Å². The second kappa shape index (κ2) is 8.11. The van der Waals surface area contributed by atoms with Crippen LogP contribution in [-0.4, -0.2) is 33.3 Å². The maximum atomic E-state index is 14.9. The Morgan fingerprint density at radius 3 is 2.81 bits per heavy atom. The molecular formula is C27H26FN3O6. The van der Waals surface area contributed by atoms with E-state index in [0.717, 1.165) is 22.1 Å². The largest absolute Gasteiger partial charge is 0.458 e. The van der Waals surface area contributed by atoms with Gasteiger partial charge in [-0.1, -0.05) is 6.92 Å². The first kappa shape index (κ1) is 23.6. The van der Waals surface area contributed by atoms with E-state index in [-0.39, 0.29) is 48.7 Å². The highest BCUT2D eigenvalue weighted by atomic mass is 19.1. The number of hydrogen-bond donors (Lipinski definition) is 2. The lowest BCUT2D eigenvalue weighted by atomic mass is 9.81. The fourth-order valence-corrected chi connectivity index (χ4v) is 6.01. The van der Waals surface area contributed by atoms with Crippen LogP contribution >= 0.6 is 0 Å². The summed E-state index contributed by atoms with van der Waals surface area (Å²) in [7, 11) is 0. The van der Waals surface area contributed by atoms with Crippen LogP contribution in [0.25, 0.3) is 22.3 Å². The molecule has 0 spiro atoms. The first-order chi connectivity index (χ1) is 17.7. The normalized spacial score (nSPS) is 21.2. The highest BCUT2D eigenvalue weighted by Gasteiger charge is 2.46. The van der Waals surface area contributed by atoms with E-state index >= 15 is 0 Å². The van der Waals surface area contributed by atoms with Crippen molar-refractivity contribution in [2.45, 2.75) is 64.8 Å². The molecule has 6 rings (SSSR count). The Morgan fingerprint density at radius 1 is 1.30 bits per heavy atom. The second-order valence-corrected chi connectivity index (χ2v) is 9.77. The number of rotatable bonds is 3. The number of aromatic nitrogens is 2. The first-order valence-electron chi connectivity index (χ1n) is 12.4. The standard InChI is InChI=1S/C27H26FN3O6/c1-4-27(35)16-8-20-23-14(10-31(20)24(32)15(16)11-37-25(27)33)22-18(30-26(34)36-5-2)7-6-13-12(3)17(28)9-19(29-23)21(13)22/h8-9,18,35H,4-7,10-11H2,1-3H3,(H,30,34)/t18?,27-/m0/s1. The third-order valence-corrected chi connectivity index (χ3v) is 7.95. The van der Waals surface area contributed by atoms with Gasteiger partial charge >= 0.3 is 12.1 Å². The van der Waals surface area contributed by atoms with Crippen molar-refractivity contribution in [3.63, 3.8) is 0 Å². The number of halogens is 1. The van der Waals surface area contributed by atoms with Gasteiger partial charge in [0.25, 0.3) is 5.56 Å². The van der Waals surface area contributed by atoms with Gasteiger partial charge in [0.1, 0.15) is 12.4 Å². The molecule has 2 aliphatic heterocycles. The molecule has 192 valence electrons. The Kier molecular flexibility index (Phi) is 5.17. The maximum absolute atomic E-state index is 14.9. The molecule has 37 heavy (non-hydrogen) atoms. The number of hydrogen-bond acceptors (Lipinski definition) is 7. The van der Waals surface area contributed by atoms with Crippen molar-refractivity contribution in [2.24, 2.45) is 0 Å². The number of aliphatic hydroxyl groups is 1. The van der Waals surface area contributed by atoms with E-state index in [1.165, 1.54) is 6.07 Å². The summed E-state index contributed by atoms with van der Waals surface area (Å²) in [6, 6.07) is 2.58. The summed E-state index contributed by atoms with van der Waals surface area (Å²) < 4.78 is 26.7. The summed E-state index contributed by atoms with van der Waals surface area (Å²) in [4.78, 5) is 43.3. The molecule has 3 aromatic rings. The summed E-state index contributed by atoms with van der Waals surface area (Å²) in [5, 5.41) is 14.8. The highest BCUT2D eigenvalue weighted by molar-refractivity contribution is 5.93. The van der Waals surface area contributed by atoms with Gasteiger partial charge in [-0.3, -0.25) is 4.79 Å². The van der Waals surface area contributed by atoms with Crippen molar-refractivity contribution in [2.75, 3.05) is 6.61 Å². The summed E-state index contributed by atoms with van der Waals surface area (Å²) in [6.07, 6.45) is 0.556. The van der Waals surface area contributed by atoms with Crippen molar-refractivity contribution < 1.29 is 28.6 Å². The van der Waals surface area contributed by atoms with Gasteiger partial charge in [0.2, 0.25) is 0 Å². The quantitative estimate of drug-likeness (QED) is 0.409. The Labute approximate surface area is 211 Å². The highest BCUT2D eigenvalue weighted by Crippen LogP contribution is 2.45. The number of nitrogens with one attached hydrogen (secondary N) is 1. The summed E-state index contributed by atoms with van der Waals surface area (Å²) in [6.45, 7) is 5.28. The van der Waals surface area contributed by atoms with Crippen molar-refractivity contribution in [3.05, 3.63) is 61.7 Å². The van der Waals surface area contributed by atoms with Gasteiger partial charge in [0.15, 0.2) is 5.60 Å². The summed E-state index contributed by atoms with van der Waals surface area (Å²) >= 11 is 0. The van der Waals surface area contributed by atoms with Crippen LogP contribution in [0, 0.1) is 12.7 Å². The number of esters is 1. The average molecular weight is 508 g/mol. The van der Waals surface area contributed by atoms with Gasteiger partial charge in [-0.25, -0.2) is 19.0 Å². The average Bonchev–Trinajstić information content (AvgIpc) is 3.24. The molecule has 2 atom stereocenters. The van der Waals surface area contributed by atoms with E-state index in [2.05, 4.69) is 5.32 Å². The van der Waals surface area contributed by atoms with E-state index in [1.807, 2.05) is 0 Å². The van der Waals surface area contributed by atoms with Gasteiger partial charge in [-0.2, -0.15) is 0 Å². The minimum absolute atomic E-state index is 0.0321. The third-order valence-electron chi connectivity index (χ3n) is 7.95. The van der Waals surface area contributed by atoms with Gasteiger partial charge < -0.3 is 24.5 Å². The van der Waals surface area contributed by atoms with Gasteiger partial charge in [0, 0.05) is 22.6 Å². The molecule has 2 aromatic heterocycles. The van der Waals surface area contributed by atoms with Gasteiger partial charge in [-0.15, -0.1) is 0 Å². The summed E-state index contributed by atoms with van der Waals surface area (Å²) in [5.74, 6) is -1.17. The number of fused-ring (bicyclic) bond motifs is 5. The van der Waals surface area contributed by atoms with E-state index in [4.69, 9.17) is 14.5 Å². The van der Waals surface area contributed by atoms with E-state index in [1.54, 1.807) is 31.4 Å². The van der Waals surface area contributed by atoms with Crippen molar-refractivity contribution in [1.29, 1.82) is 0 Å². The summed E-state index contributed by atoms with van der Waals surface area (Å²) in [5.41, 5.74) is 2.34. The van der Waals surface area contributed by atoms with Crippen LogP contribution in [0.5, 0.6) is 0 Å². The molecule has 3 aliphatic rings. The van der Waals surface area contributed by atoms with Crippen LogP contribution in [0.2, 0.25) is 0 Å². The lowest BCUT2D eigenvalue weighted by Crippen LogP contribution is -2.44. The van der Waals surface area contributed by atoms with E-state index in [9.17, 15) is 23.9 Å². The molecule has 0 bridgehead atoms. The van der Waals surface area contributed by atoms with Crippen LogP contribution in [0.1, 0.15) is 66.1 Å². The molecule has 9 nitrogen and oxygen atoms in total. The van der Waals surface area contributed by atoms with Crippen LogP contribution in [0.4, 0.5) is 9.18 Å². The number of aryl methyl sites for hydroxylation is 1. The predicted molar refractivity (Wildman–Crippen MR) is 130 cm³/mol. The van der Waals surface area contributed by atoms with Crippen molar-refractivity contribution in [1.82, 2.24) is 14.9 Å². The Morgan fingerprint density at radius 2 is 2.08 bits per heavy atom. The monoisotopic (exact) mass is 507 g/mol. The van der Waals surface area contributed by atoms with Gasteiger partial charge in [0.05, 0.1) is 41.7 Å². The van der Waals surface area contributed by atoms with Crippen LogP contribution in [-0.2, 0) is 39.4 Å². The smallest absolute Gasteiger partial charge is 0.407 e. The first-order valence-corrected chi connectivity index (χ1v) is 12.4. The third kappa shape index (κ3) is 3.18. The Hall–Kier alpha value is -3.79. The number of cyclic esters (lactones) is 1. The molecule has 1 amide bonds. The molecule has 0 fully saturated rings. The molecule has 4 heterocycles. The molecule has 0 saturated carbocycles. The molecule has 1 unspecified atom stereocenters. The number of alkyl carbamates (subject to hydrolysis) is 1. The van der Waals surface area contributed by atoms with E-state index < -0.39 is 23.7 Å². The Balaban J connectivity index is 1.63. The molecular weight excluding hydrogens is 481 g/mol. The fourth-order valence-electron chi connectivity index (χ4n) is 6.01. The number of nitrogens with zero attached hydrogens (tertiary/aromatic N) is 2. The van der Waals surface area contributed by atoms with E-state index in [0.29, 0.717) is 35.3 Å². The number of ether oxygens (including phenoxy) is 2. The zero-order valence-corrected chi connectivity index (χ0v) is 20.7. The topological polar surface area (TPSA) is 120 Å². The van der Waals surface area contributed by atoms with Crippen LogP contribution in [0.15, 0.2) is 16.9 Å². The molecule has 1 aliphatic carbocycles. The van der Waals surface area contributed by atoms with Crippen molar-refractivity contribution >= 4 is 23.0 Å². The second-order valence-electron chi connectivity index (χ2n) is 9.77. The minimum atomic E-state index is -1.94. The number of amides is 1.